The zero-order valence-corrected chi connectivity index (χ0v) is 12.9. The van der Waals surface area contributed by atoms with E-state index in [0.717, 1.165) is 4.47 Å². The minimum absolute atomic E-state index is 0.0284. The maximum Gasteiger partial charge on any atom is 0.0780 e. The molecule has 0 bridgehead atoms. The van der Waals surface area contributed by atoms with E-state index in [9.17, 15) is 0 Å². The van der Waals surface area contributed by atoms with E-state index >= 15 is 0 Å². The van der Waals surface area contributed by atoms with E-state index in [1.54, 1.807) is 11.3 Å². The van der Waals surface area contributed by atoms with Gasteiger partial charge in [-0.2, -0.15) is 0 Å². The fraction of sp³-hybridized carbons (Fsp3) is 0.286. The fourth-order valence-electron chi connectivity index (χ4n) is 1.83. The molecule has 90 valence electrons. The highest BCUT2D eigenvalue weighted by atomic mass is 79.9. The zero-order valence-electron chi connectivity index (χ0n) is 9.78. The van der Waals surface area contributed by atoms with Crippen molar-refractivity contribution in [2.75, 3.05) is 0 Å². The lowest BCUT2D eigenvalue weighted by Crippen LogP contribution is -2.22. The number of hydrogen-bond donors (Lipinski definition) is 0. The lowest BCUT2D eigenvalue weighted by molar-refractivity contribution is 0.508. The highest BCUT2D eigenvalue weighted by Gasteiger charge is 2.32. The number of benzene rings is 1. The van der Waals surface area contributed by atoms with Crippen LogP contribution >= 0.6 is 38.9 Å². The van der Waals surface area contributed by atoms with Gasteiger partial charge in [-0.3, -0.25) is 0 Å². The van der Waals surface area contributed by atoms with Crippen LogP contribution < -0.4 is 0 Å². The van der Waals surface area contributed by atoms with Crippen LogP contribution in [0.5, 0.6) is 0 Å². The van der Waals surface area contributed by atoms with E-state index in [-0.39, 0.29) is 10.8 Å². The summed E-state index contributed by atoms with van der Waals surface area (Å²) in [5.74, 6) is 0. The van der Waals surface area contributed by atoms with Gasteiger partial charge in [0.1, 0.15) is 0 Å². The van der Waals surface area contributed by atoms with Crippen LogP contribution in [0.4, 0.5) is 0 Å². The van der Waals surface area contributed by atoms with Crippen molar-refractivity contribution in [1.82, 2.24) is 0 Å². The summed E-state index contributed by atoms with van der Waals surface area (Å²) in [6.45, 7) is 4.37. The SMILES string of the molecule is CC(C)(c1ccccc1)C(Cl)c1sccc1Br. The van der Waals surface area contributed by atoms with Crippen LogP contribution in [0.2, 0.25) is 0 Å². The fourth-order valence-corrected chi connectivity index (χ4v) is 4.12. The van der Waals surface area contributed by atoms with Crippen LogP contribution in [-0.2, 0) is 5.41 Å². The largest absolute Gasteiger partial charge is 0.146 e. The Labute approximate surface area is 120 Å². The molecule has 0 fully saturated rings. The third-order valence-corrected chi connectivity index (χ3v) is 5.86. The molecule has 1 atom stereocenters. The number of alkyl halides is 1. The molecule has 0 spiro atoms. The molecule has 1 aromatic carbocycles. The van der Waals surface area contributed by atoms with Crippen LogP contribution in [0.1, 0.15) is 29.7 Å². The van der Waals surface area contributed by atoms with Crippen LogP contribution in [0, 0.1) is 0 Å². The maximum atomic E-state index is 6.66. The van der Waals surface area contributed by atoms with Gasteiger partial charge < -0.3 is 0 Å². The average Bonchev–Trinajstić information content (AvgIpc) is 2.75. The van der Waals surface area contributed by atoms with E-state index in [2.05, 4.69) is 65.5 Å². The van der Waals surface area contributed by atoms with Crippen LogP contribution in [0.3, 0.4) is 0 Å². The minimum atomic E-state index is -0.0871. The van der Waals surface area contributed by atoms with Gasteiger partial charge in [0, 0.05) is 14.8 Å². The van der Waals surface area contributed by atoms with Crippen molar-refractivity contribution >= 4 is 38.9 Å². The molecule has 0 radical (unpaired) electrons. The highest BCUT2D eigenvalue weighted by molar-refractivity contribution is 9.10. The van der Waals surface area contributed by atoms with Gasteiger partial charge in [-0.05, 0) is 32.9 Å². The van der Waals surface area contributed by atoms with Crippen LogP contribution in [0.15, 0.2) is 46.3 Å². The average molecular weight is 330 g/mol. The van der Waals surface area contributed by atoms with Crippen molar-refractivity contribution in [3.63, 3.8) is 0 Å². The second kappa shape index (κ2) is 5.13. The van der Waals surface area contributed by atoms with Gasteiger partial charge >= 0.3 is 0 Å². The van der Waals surface area contributed by atoms with Gasteiger partial charge in [0.15, 0.2) is 0 Å². The summed E-state index contributed by atoms with van der Waals surface area (Å²) in [7, 11) is 0. The van der Waals surface area contributed by atoms with Crippen molar-refractivity contribution in [2.45, 2.75) is 24.6 Å². The summed E-state index contributed by atoms with van der Waals surface area (Å²) < 4.78 is 1.10. The van der Waals surface area contributed by atoms with Crippen molar-refractivity contribution in [1.29, 1.82) is 0 Å². The van der Waals surface area contributed by atoms with Crippen LogP contribution in [-0.4, -0.2) is 0 Å². The zero-order chi connectivity index (χ0) is 12.5. The van der Waals surface area contributed by atoms with Crippen LogP contribution in [0.25, 0.3) is 0 Å². The van der Waals surface area contributed by atoms with Gasteiger partial charge in [-0.15, -0.1) is 22.9 Å². The van der Waals surface area contributed by atoms with Gasteiger partial charge in [0.05, 0.1) is 5.38 Å². The summed E-state index contributed by atoms with van der Waals surface area (Å²) in [6.07, 6.45) is 0. The predicted octanol–water partition coefficient (Wildman–Crippen LogP) is 5.77. The molecule has 0 N–H and O–H groups in total. The Bertz CT molecular complexity index is 490. The predicted molar refractivity (Wildman–Crippen MR) is 80.1 cm³/mol. The third-order valence-electron chi connectivity index (χ3n) is 3.03. The van der Waals surface area contributed by atoms with Crippen molar-refractivity contribution in [3.8, 4) is 0 Å². The lowest BCUT2D eigenvalue weighted by atomic mass is 9.81. The number of hydrogen-bond acceptors (Lipinski definition) is 1. The Balaban J connectivity index is 2.37. The van der Waals surface area contributed by atoms with Crippen molar-refractivity contribution in [2.24, 2.45) is 0 Å². The van der Waals surface area contributed by atoms with E-state index < -0.39 is 0 Å². The summed E-state index contributed by atoms with van der Waals surface area (Å²) >= 11 is 11.9. The Kier molecular flexibility index (Phi) is 3.96. The van der Waals surface area contributed by atoms with Crippen molar-refractivity contribution < 1.29 is 0 Å². The molecule has 0 aliphatic heterocycles. The molecule has 0 saturated heterocycles. The number of thiophene rings is 1. The first-order valence-corrected chi connectivity index (χ1v) is 7.57. The molecular formula is C14H14BrClS. The molecular weight excluding hydrogens is 316 g/mol. The number of rotatable bonds is 3. The molecule has 1 heterocycles. The Hall–Kier alpha value is -0.310. The molecule has 0 amide bonds. The highest BCUT2D eigenvalue weighted by Crippen LogP contribution is 2.45. The van der Waals surface area contributed by atoms with E-state index in [4.69, 9.17) is 11.6 Å². The van der Waals surface area contributed by atoms with E-state index in [1.165, 1.54) is 10.4 Å². The first-order valence-electron chi connectivity index (χ1n) is 5.46. The Morgan fingerprint density at radius 2 is 1.82 bits per heavy atom. The summed E-state index contributed by atoms with van der Waals surface area (Å²) in [5.41, 5.74) is 1.18. The Morgan fingerprint density at radius 1 is 1.18 bits per heavy atom. The minimum Gasteiger partial charge on any atom is -0.146 e. The topological polar surface area (TPSA) is 0 Å². The molecule has 0 aliphatic carbocycles. The summed E-state index contributed by atoms with van der Waals surface area (Å²) in [5, 5.41) is 2.04. The molecule has 0 saturated carbocycles. The van der Waals surface area contributed by atoms with Gasteiger partial charge in [0.2, 0.25) is 0 Å². The molecule has 0 nitrogen and oxygen atoms in total. The second-order valence-corrected chi connectivity index (χ2v) is 6.82. The quantitative estimate of drug-likeness (QED) is 0.627. The molecule has 2 aromatic rings. The molecule has 1 unspecified atom stereocenters. The number of halogens is 2. The lowest BCUT2D eigenvalue weighted by Gasteiger charge is -2.30. The standard InChI is InChI=1S/C14H14BrClS/c1-14(2,10-6-4-3-5-7-10)13(16)12-11(15)8-9-17-12/h3-9,13H,1-2H3. The smallest absolute Gasteiger partial charge is 0.0780 e. The van der Waals surface area contributed by atoms with Gasteiger partial charge in [-0.1, -0.05) is 44.2 Å². The maximum absolute atomic E-state index is 6.66. The molecule has 3 heteroatoms. The normalized spacial score (nSPS) is 13.6. The molecule has 0 aliphatic rings. The molecule has 17 heavy (non-hydrogen) atoms. The van der Waals surface area contributed by atoms with Gasteiger partial charge in [0.25, 0.3) is 0 Å². The Morgan fingerprint density at radius 3 is 2.35 bits per heavy atom. The molecule has 2 rings (SSSR count). The monoisotopic (exact) mass is 328 g/mol. The van der Waals surface area contributed by atoms with E-state index in [1.807, 2.05) is 6.07 Å². The first kappa shape index (κ1) is 13.1. The van der Waals surface area contributed by atoms with Crippen molar-refractivity contribution in [3.05, 3.63) is 56.7 Å². The second-order valence-electron chi connectivity index (χ2n) is 4.58. The molecule has 1 aromatic heterocycles. The summed E-state index contributed by atoms with van der Waals surface area (Å²) in [4.78, 5) is 1.19. The van der Waals surface area contributed by atoms with E-state index in [0.29, 0.717) is 0 Å². The third kappa shape index (κ3) is 2.59. The van der Waals surface area contributed by atoms with Gasteiger partial charge in [-0.25, -0.2) is 0 Å². The summed E-state index contributed by atoms with van der Waals surface area (Å²) in [6, 6.07) is 12.5. The first-order chi connectivity index (χ1) is 8.03.